The molecule has 0 saturated heterocycles. The third kappa shape index (κ3) is 1.90. The van der Waals surface area contributed by atoms with Gasteiger partial charge in [-0.25, -0.2) is 4.68 Å². The first-order chi connectivity index (χ1) is 9.50. The molecule has 1 aromatic carbocycles. The Morgan fingerprint density at radius 2 is 1.95 bits per heavy atom. The highest BCUT2D eigenvalue weighted by molar-refractivity contribution is 5.82. The quantitative estimate of drug-likeness (QED) is 0.786. The van der Waals surface area contributed by atoms with E-state index in [4.69, 9.17) is 0 Å². The van der Waals surface area contributed by atoms with E-state index in [2.05, 4.69) is 66.2 Å². The zero-order valence-electron chi connectivity index (χ0n) is 12.3. The summed E-state index contributed by atoms with van der Waals surface area (Å²) in [6.07, 6.45) is 4.98. The number of rotatable bonds is 2. The van der Waals surface area contributed by atoms with E-state index in [0.717, 1.165) is 5.56 Å². The van der Waals surface area contributed by atoms with Gasteiger partial charge < -0.3 is 4.90 Å². The van der Waals surface area contributed by atoms with Crippen molar-refractivity contribution in [1.82, 2.24) is 14.9 Å². The second-order valence-electron chi connectivity index (χ2n) is 5.87. The lowest BCUT2D eigenvalue weighted by Crippen LogP contribution is -2.36. The van der Waals surface area contributed by atoms with E-state index >= 15 is 0 Å². The molecular formula is C15H19N5. The normalized spacial score (nSPS) is 20.6. The summed E-state index contributed by atoms with van der Waals surface area (Å²) in [5, 5.41) is 11.8. The summed E-state index contributed by atoms with van der Waals surface area (Å²) in [6, 6.07) is 6.98. The lowest BCUT2D eigenvalue weighted by Gasteiger charge is -2.28. The van der Waals surface area contributed by atoms with Gasteiger partial charge in [0.15, 0.2) is 0 Å². The summed E-state index contributed by atoms with van der Waals surface area (Å²) in [7, 11) is 2.16. The number of likely N-dealkylation sites (N-methyl/N-ethyl adjacent to an activating group) is 1. The topological polar surface area (TPSA) is 46.3 Å². The van der Waals surface area contributed by atoms with Gasteiger partial charge in [0.05, 0.1) is 6.21 Å². The number of hydrogen-bond acceptors (Lipinski definition) is 4. The third-order valence-electron chi connectivity index (χ3n) is 4.47. The van der Waals surface area contributed by atoms with E-state index in [1.54, 1.807) is 17.3 Å². The van der Waals surface area contributed by atoms with Crippen LogP contribution in [0.1, 0.15) is 31.9 Å². The summed E-state index contributed by atoms with van der Waals surface area (Å²) >= 11 is 0. The van der Waals surface area contributed by atoms with Crippen LogP contribution in [0.4, 0.5) is 5.69 Å². The second kappa shape index (κ2) is 4.44. The lowest BCUT2D eigenvalue weighted by atomic mass is 9.81. The van der Waals surface area contributed by atoms with Crippen molar-refractivity contribution in [3.05, 3.63) is 42.0 Å². The van der Waals surface area contributed by atoms with Gasteiger partial charge in [0.25, 0.3) is 0 Å². The molecule has 5 heteroatoms. The average molecular weight is 269 g/mol. The predicted molar refractivity (Wildman–Crippen MR) is 80.3 cm³/mol. The number of benzene rings is 1. The van der Waals surface area contributed by atoms with Gasteiger partial charge in [-0.15, -0.1) is 10.2 Å². The molecule has 0 fully saturated rings. The third-order valence-corrected chi connectivity index (χ3v) is 4.47. The van der Waals surface area contributed by atoms with Crippen molar-refractivity contribution in [2.75, 3.05) is 11.9 Å². The van der Waals surface area contributed by atoms with Crippen LogP contribution in [-0.4, -0.2) is 34.2 Å². The monoisotopic (exact) mass is 269 g/mol. The Labute approximate surface area is 118 Å². The molecule has 2 aromatic rings. The maximum Gasteiger partial charge on any atom is 0.141 e. The summed E-state index contributed by atoms with van der Waals surface area (Å²) in [5.41, 5.74) is 3.92. The van der Waals surface area contributed by atoms with E-state index in [-0.39, 0.29) is 5.41 Å². The van der Waals surface area contributed by atoms with Gasteiger partial charge in [-0.1, -0.05) is 19.9 Å². The van der Waals surface area contributed by atoms with Gasteiger partial charge in [-0.3, -0.25) is 0 Å². The molecule has 2 heterocycles. The van der Waals surface area contributed by atoms with Crippen LogP contribution in [0.25, 0.3) is 0 Å². The van der Waals surface area contributed by atoms with Crippen LogP contribution in [0, 0.1) is 0 Å². The van der Waals surface area contributed by atoms with Gasteiger partial charge in [-0.05, 0) is 30.2 Å². The number of nitrogens with zero attached hydrogens (tertiary/aromatic N) is 5. The number of fused-ring (bicyclic) bond motifs is 1. The molecule has 0 radical (unpaired) electrons. The van der Waals surface area contributed by atoms with Crippen molar-refractivity contribution < 1.29 is 0 Å². The van der Waals surface area contributed by atoms with Crippen molar-refractivity contribution >= 4 is 11.9 Å². The molecule has 0 saturated carbocycles. The zero-order chi connectivity index (χ0) is 14.3. The van der Waals surface area contributed by atoms with E-state index in [1.165, 1.54) is 11.3 Å². The van der Waals surface area contributed by atoms with Gasteiger partial charge in [0.2, 0.25) is 0 Å². The molecule has 1 aromatic heterocycles. The highest BCUT2D eigenvalue weighted by Crippen LogP contribution is 2.44. The fraction of sp³-hybridized carbons (Fsp3) is 0.400. The van der Waals surface area contributed by atoms with Crippen LogP contribution in [0.2, 0.25) is 0 Å². The first kappa shape index (κ1) is 12.8. The van der Waals surface area contributed by atoms with E-state index in [9.17, 15) is 0 Å². The van der Waals surface area contributed by atoms with Gasteiger partial charge >= 0.3 is 0 Å². The Bertz CT molecular complexity index is 642. The molecule has 3 rings (SSSR count). The maximum absolute atomic E-state index is 4.30. The molecule has 0 bridgehead atoms. The Hall–Kier alpha value is -2.17. The molecule has 0 amide bonds. The van der Waals surface area contributed by atoms with Crippen LogP contribution >= 0.6 is 0 Å². The first-order valence-electron chi connectivity index (χ1n) is 6.76. The molecule has 20 heavy (non-hydrogen) atoms. The molecule has 5 nitrogen and oxygen atoms in total. The number of aromatic nitrogens is 3. The van der Waals surface area contributed by atoms with E-state index in [1.807, 2.05) is 6.21 Å². The van der Waals surface area contributed by atoms with Crippen LogP contribution in [0.5, 0.6) is 0 Å². The summed E-state index contributed by atoms with van der Waals surface area (Å²) in [6.45, 7) is 6.85. The van der Waals surface area contributed by atoms with Gasteiger partial charge in [0.1, 0.15) is 12.7 Å². The predicted octanol–water partition coefficient (Wildman–Crippen LogP) is 2.28. The largest absolute Gasteiger partial charge is 0.371 e. The Kier molecular flexibility index (Phi) is 2.85. The van der Waals surface area contributed by atoms with Crippen molar-refractivity contribution in [2.45, 2.75) is 32.2 Å². The minimum Gasteiger partial charge on any atom is -0.371 e. The standard InChI is InChI=1S/C15H19N5/c1-11-15(2,3)13-7-12(5-6-14(13)19(11)4)8-18-20-9-16-17-10-20/h5-11H,1-4H3. The van der Waals surface area contributed by atoms with Crippen LogP contribution in [0.15, 0.2) is 36.0 Å². The molecule has 0 spiro atoms. The number of hydrogen-bond donors (Lipinski definition) is 0. The molecule has 104 valence electrons. The Morgan fingerprint density at radius 3 is 2.65 bits per heavy atom. The maximum atomic E-state index is 4.30. The minimum atomic E-state index is 0.143. The minimum absolute atomic E-state index is 0.143. The van der Waals surface area contributed by atoms with E-state index in [0.29, 0.717) is 6.04 Å². The van der Waals surface area contributed by atoms with Gasteiger partial charge in [0, 0.05) is 24.2 Å². The van der Waals surface area contributed by atoms with Crippen molar-refractivity contribution in [3.8, 4) is 0 Å². The van der Waals surface area contributed by atoms with Crippen molar-refractivity contribution in [1.29, 1.82) is 0 Å². The zero-order valence-corrected chi connectivity index (χ0v) is 12.3. The van der Waals surface area contributed by atoms with Crippen molar-refractivity contribution in [2.24, 2.45) is 5.10 Å². The molecule has 0 aliphatic carbocycles. The summed E-state index contributed by atoms with van der Waals surface area (Å²) < 4.78 is 1.59. The highest BCUT2D eigenvalue weighted by Gasteiger charge is 2.39. The SMILES string of the molecule is CC1N(C)c2ccc(C=Nn3cnnc3)cc2C1(C)C. The smallest absolute Gasteiger partial charge is 0.141 e. The molecular weight excluding hydrogens is 250 g/mol. The molecule has 1 aliphatic rings. The molecule has 1 atom stereocenters. The molecule has 1 aliphatic heterocycles. The van der Waals surface area contributed by atoms with Crippen LogP contribution in [-0.2, 0) is 5.41 Å². The lowest BCUT2D eigenvalue weighted by molar-refractivity contribution is 0.454. The Morgan fingerprint density at radius 1 is 1.25 bits per heavy atom. The van der Waals surface area contributed by atoms with Crippen molar-refractivity contribution in [3.63, 3.8) is 0 Å². The summed E-state index contributed by atoms with van der Waals surface area (Å²) in [5.74, 6) is 0. The molecule has 0 N–H and O–H groups in total. The van der Waals surface area contributed by atoms with Crippen LogP contribution < -0.4 is 4.90 Å². The first-order valence-corrected chi connectivity index (χ1v) is 6.76. The molecule has 1 unspecified atom stereocenters. The summed E-state index contributed by atoms with van der Waals surface area (Å²) in [4.78, 5) is 2.34. The van der Waals surface area contributed by atoms with Gasteiger partial charge in [-0.2, -0.15) is 5.10 Å². The second-order valence-corrected chi connectivity index (χ2v) is 5.87. The van der Waals surface area contributed by atoms with E-state index < -0.39 is 0 Å². The number of anilines is 1. The highest BCUT2D eigenvalue weighted by atomic mass is 15.4. The average Bonchev–Trinajstić information content (AvgIpc) is 3.01. The Balaban J connectivity index is 1.96. The fourth-order valence-electron chi connectivity index (χ4n) is 2.76. The van der Waals surface area contributed by atoms with Crippen LogP contribution in [0.3, 0.4) is 0 Å². The fourth-order valence-corrected chi connectivity index (χ4v) is 2.76.